The van der Waals surface area contributed by atoms with Crippen LogP contribution < -0.4 is 0 Å². The van der Waals surface area contributed by atoms with E-state index in [1.165, 1.54) is 173 Å². The molecular weight excluding hydrogens is 861 g/mol. The highest BCUT2D eigenvalue weighted by Crippen LogP contribution is 2.15. The molecule has 0 spiro atoms. The fourth-order valence-corrected chi connectivity index (χ4v) is 8.34. The second-order valence-corrected chi connectivity index (χ2v) is 19.9. The van der Waals surface area contributed by atoms with Crippen LogP contribution in [0.5, 0.6) is 0 Å². The lowest BCUT2D eigenvalue weighted by atomic mass is 10.1. The van der Waals surface area contributed by atoms with Gasteiger partial charge < -0.3 is 14.2 Å². The topological polar surface area (TPSA) is 61.8 Å². The van der Waals surface area contributed by atoms with E-state index in [0.717, 1.165) is 83.5 Å². The maximum atomic E-state index is 12.9. The molecule has 0 radical (unpaired) electrons. The summed E-state index contributed by atoms with van der Waals surface area (Å²) in [5.74, 6) is -0.417. The molecule has 0 heterocycles. The van der Waals surface area contributed by atoms with Gasteiger partial charge in [-0.15, -0.1) is 0 Å². The Morgan fingerprint density at radius 1 is 0.314 bits per heavy atom. The van der Waals surface area contributed by atoms with Gasteiger partial charge in [0.05, 0.1) is 6.61 Å². The minimum atomic E-state index is -0.556. The van der Waals surface area contributed by atoms with Gasteiger partial charge in [-0.05, 0) is 122 Å². The van der Waals surface area contributed by atoms with E-state index >= 15 is 0 Å². The van der Waals surface area contributed by atoms with Gasteiger partial charge >= 0.3 is 11.9 Å². The van der Waals surface area contributed by atoms with Crippen molar-refractivity contribution in [2.75, 3.05) is 19.8 Å². The number of esters is 2. The van der Waals surface area contributed by atoms with E-state index in [2.05, 4.69) is 106 Å². The number of hydrogen-bond acceptors (Lipinski definition) is 5. The standard InChI is InChI=1S/C65H114O5/c1-4-7-10-13-16-19-22-25-28-30-32-34-36-39-42-45-48-51-54-57-60-68-61-63(70-65(67)59-56-53-50-47-44-41-37-27-24-21-18-15-12-9-6-3)62-69-64(66)58-55-52-49-46-43-40-38-35-33-31-29-26-23-20-17-14-11-8-5-2/h16-21,25-29,32,34,37,63H,4-15,22-24,30-31,33,35-36,38-62H2,1-3H3/b19-16-,20-17-,21-18-,28-25-,29-26-,34-32-,37-27-. The predicted molar refractivity (Wildman–Crippen MR) is 307 cm³/mol. The third-order valence-corrected chi connectivity index (χ3v) is 12.9. The molecule has 5 heteroatoms. The first kappa shape index (κ1) is 67.1. The Balaban J connectivity index is 4.31. The second-order valence-electron chi connectivity index (χ2n) is 19.9. The number of allylic oxidation sites excluding steroid dienone is 14. The summed E-state index contributed by atoms with van der Waals surface area (Å²) < 4.78 is 17.5. The van der Waals surface area contributed by atoms with Gasteiger partial charge in [-0.1, -0.05) is 241 Å². The van der Waals surface area contributed by atoms with Crippen LogP contribution in [0.25, 0.3) is 0 Å². The summed E-state index contributed by atoms with van der Waals surface area (Å²) in [6, 6.07) is 0. The third-order valence-electron chi connectivity index (χ3n) is 12.9. The van der Waals surface area contributed by atoms with Crippen LogP contribution >= 0.6 is 0 Å². The lowest BCUT2D eigenvalue weighted by Crippen LogP contribution is -2.30. The van der Waals surface area contributed by atoms with Crippen LogP contribution in [0, 0.1) is 0 Å². The zero-order chi connectivity index (χ0) is 50.6. The average Bonchev–Trinajstić information content (AvgIpc) is 3.36. The minimum Gasteiger partial charge on any atom is -0.462 e. The molecule has 0 bridgehead atoms. The maximum Gasteiger partial charge on any atom is 0.306 e. The SMILES string of the molecule is CCCCC/C=C\C/C=C\C/C=C\CCCCCCCCCOCC(COC(=O)CCCCCCCCCCC/C=C\C/C=C\CCCCC)OC(=O)CCCCCCC/C=C\C/C=C\CCCCC. The second kappa shape index (κ2) is 60.4. The smallest absolute Gasteiger partial charge is 0.306 e. The molecule has 0 rings (SSSR count). The number of carbonyl (C=O) groups excluding carboxylic acids is 2. The van der Waals surface area contributed by atoms with Gasteiger partial charge in [-0.3, -0.25) is 9.59 Å². The van der Waals surface area contributed by atoms with Gasteiger partial charge in [-0.2, -0.15) is 0 Å². The van der Waals surface area contributed by atoms with Crippen LogP contribution in [-0.2, 0) is 23.8 Å². The van der Waals surface area contributed by atoms with Crippen molar-refractivity contribution >= 4 is 11.9 Å². The molecule has 404 valence electrons. The van der Waals surface area contributed by atoms with E-state index in [1.54, 1.807) is 0 Å². The number of rotatable bonds is 55. The molecule has 5 nitrogen and oxygen atoms in total. The first-order valence-electron chi connectivity index (χ1n) is 30.1. The van der Waals surface area contributed by atoms with E-state index in [0.29, 0.717) is 19.4 Å². The minimum absolute atomic E-state index is 0.0709. The lowest BCUT2D eigenvalue weighted by Gasteiger charge is -2.18. The Kier molecular flexibility index (Phi) is 57.9. The summed E-state index contributed by atoms with van der Waals surface area (Å²) in [4.78, 5) is 25.6. The first-order valence-corrected chi connectivity index (χ1v) is 30.1. The van der Waals surface area contributed by atoms with Crippen LogP contribution in [0.3, 0.4) is 0 Å². The van der Waals surface area contributed by atoms with Crippen molar-refractivity contribution < 1.29 is 23.8 Å². The summed E-state index contributed by atoms with van der Waals surface area (Å²) >= 11 is 0. The molecule has 0 N–H and O–H groups in total. The van der Waals surface area contributed by atoms with Crippen molar-refractivity contribution in [1.29, 1.82) is 0 Å². The Bertz CT molecular complexity index is 1290. The van der Waals surface area contributed by atoms with Crippen LogP contribution in [0.4, 0.5) is 0 Å². The molecule has 0 aromatic heterocycles. The van der Waals surface area contributed by atoms with Crippen molar-refractivity contribution in [1.82, 2.24) is 0 Å². The van der Waals surface area contributed by atoms with Crippen LogP contribution in [0.15, 0.2) is 85.1 Å². The molecule has 0 amide bonds. The zero-order valence-corrected chi connectivity index (χ0v) is 46.5. The molecule has 0 aliphatic heterocycles. The summed E-state index contributed by atoms with van der Waals surface area (Å²) in [5.41, 5.74) is 0. The van der Waals surface area contributed by atoms with E-state index in [-0.39, 0.29) is 25.2 Å². The molecule has 0 saturated carbocycles. The quantitative estimate of drug-likeness (QED) is 0.0345. The normalized spacial score (nSPS) is 12.8. The Morgan fingerprint density at radius 3 is 0.957 bits per heavy atom. The summed E-state index contributed by atoms with van der Waals surface area (Å²) in [7, 11) is 0. The molecule has 0 aromatic rings. The molecule has 1 atom stereocenters. The van der Waals surface area contributed by atoms with Gasteiger partial charge in [-0.25, -0.2) is 0 Å². The van der Waals surface area contributed by atoms with Crippen molar-refractivity contribution in [2.24, 2.45) is 0 Å². The molecule has 1 unspecified atom stereocenters. The van der Waals surface area contributed by atoms with E-state index in [4.69, 9.17) is 14.2 Å². The monoisotopic (exact) mass is 975 g/mol. The van der Waals surface area contributed by atoms with E-state index in [1.807, 2.05) is 0 Å². The van der Waals surface area contributed by atoms with Crippen molar-refractivity contribution in [3.8, 4) is 0 Å². The van der Waals surface area contributed by atoms with Gasteiger partial charge in [0.1, 0.15) is 6.61 Å². The number of hydrogen-bond donors (Lipinski definition) is 0. The maximum absolute atomic E-state index is 12.9. The molecular formula is C65H114O5. The summed E-state index contributed by atoms with van der Waals surface area (Å²) in [6.07, 6.45) is 80.3. The highest BCUT2D eigenvalue weighted by molar-refractivity contribution is 5.70. The fraction of sp³-hybridized carbons (Fsp3) is 0.754. The number of carbonyl (C=O) groups is 2. The fourth-order valence-electron chi connectivity index (χ4n) is 8.34. The summed E-state index contributed by atoms with van der Waals surface area (Å²) in [6.45, 7) is 7.74. The molecule has 0 saturated heterocycles. The van der Waals surface area contributed by atoms with E-state index < -0.39 is 6.10 Å². The number of unbranched alkanes of at least 4 members (excludes halogenated alkanes) is 30. The Morgan fingerprint density at radius 2 is 0.600 bits per heavy atom. The Hall–Kier alpha value is -2.92. The van der Waals surface area contributed by atoms with Crippen molar-refractivity contribution in [2.45, 2.75) is 297 Å². The van der Waals surface area contributed by atoms with Crippen molar-refractivity contribution in [3.05, 3.63) is 85.1 Å². The molecule has 0 aromatic carbocycles. The van der Waals surface area contributed by atoms with Crippen molar-refractivity contribution in [3.63, 3.8) is 0 Å². The number of ether oxygens (including phenoxy) is 3. The highest BCUT2D eigenvalue weighted by Gasteiger charge is 2.17. The third kappa shape index (κ3) is 57.7. The average molecular weight is 976 g/mol. The van der Waals surface area contributed by atoms with Gasteiger partial charge in [0.25, 0.3) is 0 Å². The Labute approximate surface area is 435 Å². The largest absolute Gasteiger partial charge is 0.462 e. The van der Waals surface area contributed by atoms with Gasteiger partial charge in [0.2, 0.25) is 0 Å². The van der Waals surface area contributed by atoms with Crippen LogP contribution in [-0.4, -0.2) is 37.9 Å². The highest BCUT2D eigenvalue weighted by atomic mass is 16.6. The molecule has 0 aliphatic carbocycles. The van der Waals surface area contributed by atoms with Crippen LogP contribution in [0.1, 0.15) is 290 Å². The lowest BCUT2D eigenvalue weighted by molar-refractivity contribution is -0.163. The van der Waals surface area contributed by atoms with E-state index in [9.17, 15) is 9.59 Å². The molecule has 70 heavy (non-hydrogen) atoms. The molecule has 0 aliphatic rings. The van der Waals surface area contributed by atoms with Gasteiger partial charge in [0.15, 0.2) is 6.10 Å². The van der Waals surface area contributed by atoms with Gasteiger partial charge in [0, 0.05) is 19.4 Å². The first-order chi connectivity index (χ1) is 34.6. The summed E-state index contributed by atoms with van der Waals surface area (Å²) in [5, 5.41) is 0. The zero-order valence-electron chi connectivity index (χ0n) is 46.5. The van der Waals surface area contributed by atoms with Crippen LogP contribution in [0.2, 0.25) is 0 Å². The predicted octanol–water partition coefficient (Wildman–Crippen LogP) is 20.8. The molecule has 0 fully saturated rings.